The Balaban J connectivity index is 1.86. The van der Waals surface area contributed by atoms with Crippen LogP contribution in [0.15, 0.2) is 16.9 Å². The second-order valence-corrected chi connectivity index (χ2v) is 12.3. The second-order valence-electron chi connectivity index (χ2n) is 12.3. The number of nitrogens with one attached hydrogen (secondary N) is 1. The number of ether oxygens (including phenoxy) is 2. The first-order valence-corrected chi connectivity index (χ1v) is 14.0. The van der Waals surface area contributed by atoms with Gasteiger partial charge in [-0.25, -0.2) is 14.0 Å². The molecule has 222 valence electrons. The number of carbonyl (C=O) groups is 2. The van der Waals surface area contributed by atoms with Crippen molar-refractivity contribution in [3.8, 4) is 11.4 Å². The average molecular weight is 562 g/mol. The largest absolute Gasteiger partial charge is 0.490 e. The molecule has 1 fully saturated rings. The van der Waals surface area contributed by atoms with Gasteiger partial charge in [-0.2, -0.15) is 4.68 Å². The predicted molar refractivity (Wildman–Crippen MR) is 151 cm³/mol. The topological polar surface area (TPSA) is 108 Å². The molecule has 1 aliphatic heterocycles. The third-order valence-corrected chi connectivity index (χ3v) is 6.67. The van der Waals surface area contributed by atoms with Gasteiger partial charge in [-0.15, -0.1) is 5.10 Å². The number of hydrogen-bond donors (Lipinski definition) is 1. The molecule has 2 heterocycles. The molecule has 0 spiro atoms. The standard InChI is InChI=1S/C29H44FN5O5/c1-17(2)14-19(5)39-24-16-23(35-27(37)33(9)25(32-35)18(3)4)22(30)15-21(24)26(36)31-20-10-12-34(13-11-20)28(38)40-29(6,7)8/h15-20H,10-14H2,1-9H3,(H,31,36)/t19-/m0/s1. The lowest BCUT2D eigenvalue weighted by Gasteiger charge is -2.33. The minimum Gasteiger partial charge on any atom is -0.490 e. The summed E-state index contributed by atoms with van der Waals surface area (Å²) in [5, 5.41) is 7.32. The van der Waals surface area contributed by atoms with Crippen LogP contribution < -0.4 is 15.7 Å². The van der Waals surface area contributed by atoms with Crippen LogP contribution in [-0.4, -0.2) is 62.1 Å². The summed E-state index contributed by atoms with van der Waals surface area (Å²) in [6.45, 7) is 16.1. The first-order valence-electron chi connectivity index (χ1n) is 14.0. The second kappa shape index (κ2) is 12.4. The van der Waals surface area contributed by atoms with Crippen molar-refractivity contribution in [1.82, 2.24) is 24.6 Å². The Morgan fingerprint density at radius 1 is 1.12 bits per heavy atom. The fourth-order valence-electron chi connectivity index (χ4n) is 4.82. The summed E-state index contributed by atoms with van der Waals surface area (Å²) in [5.41, 5.74) is -1.11. The summed E-state index contributed by atoms with van der Waals surface area (Å²) >= 11 is 0. The lowest BCUT2D eigenvalue weighted by Crippen LogP contribution is -2.47. The minimum atomic E-state index is -0.760. The maximum Gasteiger partial charge on any atom is 0.410 e. The number of aromatic nitrogens is 3. The van der Waals surface area contributed by atoms with Gasteiger partial charge in [0.25, 0.3) is 5.91 Å². The van der Waals surface area contributed by atoms with E-state index < -0.39 is 23.0 Å². The molecule has 0 bridgehead atoms. The van der Waals surface area contributed by atoms with Gasteiger partial charge in [-0.1, -0.05) is 27.7 Å². The summed E-state index contributed by atoms with van der Waals surface area (Å²) in [7, 11) is 1.59. The van der Waals surface area contributed by atoms with Gasteiger partial charge >= 0.3 is 11.8 Å². The van der Waals surface area contributed by atoms with Crippen LogP contribution in [0.5, 0.6) is 5.75 Å². The molecule has 0 aliphatic carbocycles. The Morgan fingerprint density at radius 3 is 2.27 bits per heavy atom. The highest BCUT2D eigenvalue weighted by atomic mass is 19.1. The monoisotopic (exact) mass is 561 g/mol. The summed E-state index contributed by atoms with van der Waals surface area (Å²) in [6, 6.07) is 2.28. The van der Waals surface area contributed by atoms with Gasteiger partial charge in [0, 0.05) is 38.2 Å². The molecule has 2 aromatic rings. The number of halogens is 1. The SMILES string of the molecule is CC(C)C[C@H](C)Oc1cc(-n2nc(C(C)C)n(C)c2=O)c(F)cc1C(=O)NC1CCN(C(=O)OC(C)(C)C)CC1. The van der Waals surface area contributed by atoms with E-state index in [1.165, 1.54) is 10.6 Å². The van der Waals surface area contributed by atoms with Crippen molar-refractivity contribution in [1.29, 1.82) is 0 Å². The summed E-state index contributed by atoms with van der Waals surface area (Å²) < 4.78 is 29.5. The van der Waals surface area contributed by atoms with Crippen molar-refractivity contribution < 1.29 is 23.5 Å². The number of rotatable bonds is 8. The van der Waals surface area contributed by atoms with E-state index in [1.54, 1.807) is 11.9 Å². The van der Waals surface area contributed by atoms with Crippen LogP contribution >= 0.6 is 0 Å². The van der Waals surface area contributed by atoms with E-state index in [9.17, 15) is 14.4 Å². The predicted octanol–water partition coefficient (Wildman–Crippen LogP) is 4.78. The van der Waals surface area contributed by atoms with Crippen molar-refractivity contribution in [3.05, 3.63) is 39.8 Å². The van der Waals surface area contributed by atoms with E-state index in [-0.39, 0.29) is 41.2 Å². The van der Waals surface area contributed by atoms with E-state index in [0.29, 0.717) is 37.7 Å². The Labute approximate surface area is 235 Å². The molecule has 0 radical (unpaired) electrons. The van der Waals surface area contributed by atoms with Crippen LogP contribution in [0.1, 0.15) is 96.8 Å². The summed E-state index contributed by atoms with van der Waals surface area (Å²) in [5.74, 6) is -0.255. The molecule has 1 aromatic heterocycles. The van der Waals surface area contributed by atoms with Gasteiger partial charge in [-0.3, -0.25) is 9.36 Å². The zero-order valence-electron chi connectivity index (χ0n) is 25.2. The van der Waals surface area contributed by atoms with Crippen LogP contribution in [-0.2, 0) is 11.8 Å². The molecule has 1 aliphatic rings. The normalized spacial score (nSPS) is 15.4. The summed E-state index contributed by atoms with van der Waals surface area (Å²) in [6.07, 6.45) is 1.15. The number of hydrogen-bond acceptors (Lipinski definition) is 6. The maximum atomic E-state index is 15.5. The van der Waals surface area contributed by atoms with E-state index in [1.807, 2.05) is 41.5 Å². The maximum absolute atomic E-state index is 15.5. The lowest BCUT2D eigenvalue weighted by atomic mass is 10.0. The van der Waals surface area contributed by atoms with Gasteiger partial charge in [0.2, 0.25) is 0 Å². The van der Waals surface area contributed by atoms with Crippen LogP contribution in [0, 0.1) is 11.7 Å². The van der Waals surface area contributed by atoms with Crippen LogP contribution in [0.25, 0.3) is 5.69 Å². The number of amides is 2. The number of piperidine rings is 1. The fraction of sp³-hybridized carbons (Fsp3) is 0.655. The number of likely N-dealkylation sites (tertiary alicyclic amines) is 1. The van der Waals surface area contributed by atoms with Gasteiger partial charge in [0.05, 0.1) is 11.7 Å². The van der Waals surface area contributed by atoms with E-state index >= 15 is 4.39 Å². The Morgan fingerprint density at radius 2 is 1.75 bits per heavy atom. The third-order valence-electron chi connectivity index (χ3n) is 6.67. The van der Waals surface area contributed by atoms with Crippen LogP contribution in [0.3, 0.4) is 0 Å². The molecular formula is C29H44FN5O5. The highest BCUT2D eigenvalue weighted by Gasteiger charge is 2.29. The fourth-order valence-corrected chi connectivity index (χ4v) is 4.82. The Hall–Kier alpha value is -3.37. The highest BCUT2D eigenvalue weighted by molar-refractivity contribution is 5.97. The minimum absolute atomic E-state index is 0.0412. The van der Waals surface area contributed by atoms with Gasteiger partial charge in [0.1, 0.15) is 28.7 Å². The molecule has 0 saturated carbocycles. The number of carbonyl (C=O) groups excluding carboxylic acids is 2. The Bertz CT molecular complexity index is 1270. The number of benzene rings is 1. The molecule has 2 amide bonds. The first-order chi connectivity index (χ1) is 18.6. The highest BCUT2D eigenvalue weighted by Crippen LogP contribution is 2.28. The van der Waals surface area contributed by atoms with Crippen molar-refractivity contribution in [2.45, 2.75) is 98.3 Å². The smallest absolute Gasteiger partial charge is 0.410 e. The molecule has 1 N–H and O–H groups in total. The van der Waals surface area contributed by atoms with Gasteiger partial charge < -0.3 is 19.7 Å². The zero-order valence-corrected chi connectivity index (χ0v) is 25.2. The van der Waals surface area contributed by atoms with Crippen molar-refractivity contribution in [2.75, 3.05) is 13.1 Å². The van der Waals surface area contributed by atoms with E-state index in [0.717, 1.165) is 17.2 Å². The van der Waals surface area contributed by atoms with E-state index in [4.69, 9.17) is 9.47 Å². The molecule has 1 aromatic carbocycles. The molecule has 0 unspecified atom stereocenters. The van der Waals surface area contributed by atoms with E-state index in [2.05, 4.69) is 24.3 Å². The van der Waals surface area contributed by atoms with Crippen molar-refractivity contribution in [3.63, 3.8) is 0 Å². The summed E-state index contributed by atoms with van der Waals surface area (Å²) in [4.78, 5) is 40.3. The van der Waals surface area contributed by atoms with Gasteiger partial charge in [-0.05, 0) is 58.9 Å². The molecule has 1 saturated heterocycles. The molecule has 10 nitrogen and oxygen atoms in total. The molecule has 1 atom stereocenters. The van der Waals surface area contributed by atoms with Crippen molar-refractivity contribution in [2.24, 2.45) is 13.0 Å². The lowest BCUT2D eigenvalue weighted by molar-refractivity contribution is 0.0199. The molecule has 11 heteroatoms. The molecule has 40 heavy (non-hydrogen) atoms. The average Bonchev–Trinajstić information content (AvgIpc) is 3.13. The Kier molecular flexibility index (Phi) is 9.68. The zero-order chi connectivity index (χ0) is 29.9. The first kappa shape index (κ1) is 31.2. The third kappa shape index (κ3) is 7.63. The van der Waals surface area contributed by atoms with Gasteiger partial charge in [0.15, 0.2) is 0 Å². The van der Waals surface area contributed by atoms with Crippen LogP contribution in [0.4, 0.5) is 9.18 Å². The van der Waals surface area contributed by atoms with Crippen molar-refractivity contribution >= 4 is 12.0 Å². The number of nitrogens with zero attached hydrogens (tertiary/aromatic N) is 4. The molecule has 3 rings (SSSR count). The van der Waals surface area contributed by atoms with Crippen LogP contribution in [0.2, 0.25) is 0 Å². The quantitative estimate of drug-likeness (QED) is 0.497. The molecular weight excluding hydrogens is 517 g/mol.